The normalized spacial score (nSPS) is 11.9. The van der Waals surface area contributed by atoms with Crippen molar-refractivity contribution in [3.8, 4) is 11.1 Å². The zero-order chi connectivity index (χ0) is 17.6. The molecule has 0 atom stereocenters. The summed E-state index contributed by atoms with van der Waals surface area (Å²) >= 11 is 0. The molecule has 0 aliphatic heterocycles. The highest BCUT2D eigenvalue weighted by molar-refractivity contribution is 6.36. The Morgan fingerprint density at radius 2 is 1.58 bits per heavy atom. The lowest BCUT2D eigenvalue weighted by Gasteiger charge is -2.10. The predicted molar refractivity (Wildman–Crippen MR) is 86.3 cm³/mol. The van der Waals surface area contributed by atoms with Gasteiger partial charge in [-0.15, -0.1) is 0 Å². The van der Waals surface area contributed by atoms with Crippen LogP contribution >= 0.6 is 0 Å². The van der Waals surface area contributed by atoms with Crippen molar-refractivity contribution in [3.63, 3.8) is 0 Å². The molecule has 0 spiro atoms. The summed E-state index contributed by atoms with van der Waals surface area (Å²) in [6.45, 7) is 0.457. The summed E-state index contributed by atoms with van der Waals surface area (Å²) in [6, 6.07) is 12.7. The average molecular weight is 355 g/mol. The van der Waals surface area contributed by atoms with Crippen LogP contribution in [0.25, 0.3) is 11.1 Å². The van der Waals surface area contributed by atoms with E-state index < -0.39 is 21.3 Å². The van der Waals surface area contributed by atoms with Gasteiger partial charge in [0.15, 0.2) is 0 Å². The summed E-state index contributed by atoms with van der Waals surface area (Å²) in [5, 5.41) is 0. The minimum atomic E-state index is -4.34. The van der Waals surface area contributed by atoms with Crippen LogP contribution in [0.15, 0.2) is 48.5 Å². The van der Waals surface area contributed by atoms with Gasteiger partial charge in [0.05, 0.1) is 5.56 Å². The number of benzene rings is 2. The molecular formula is C17H18F3O3Si. The second-order valence-electron chi connectivity index (χ2n) is 5.03. The van der Waals surface area contributed by atoms with Crippen molar-refractivity contribution < 1.29 is 26.4 Å². The SMILES string of the molecule is CO[Si](OC)OCCc1ccc(-c2cccc(C(F)(F)F)c2)cc1. The fraction of sp³-hybridized carbons (Fsp3) is 0.294. The van der Waals surface area contributed by atoms with Gasteiger partial charge in [0, 0.05) is 20.8 Å². The third kappa shape index (κ3) is 5.17. The van der Waals surface area contributed by atoms with E-state index in [1.807, 2.05) is 24.3 Å². The molecule has 0 saturated heterocycles. The van der Waals surface area contributed by atoms with Crippen molar-refractivity contribution in [3.05, 3.63) is 59.7 Å². The van der Waals surface area contributed by atoms with Gasteiger partial charge in [-0.25, -0.2) is 0 Å². The van der Waals surface area contributed by atoms with Gasteiger partial charge in [0.25, 0.3) is 0 Å². The maximum Gasteiger partial charge on any atom is 0.577 e. The third-order valence-corrected chi connectivity index (χ3v) is 4.53. The van der Waals surface area contributed by atoms with E-state index in [4.69, 9.17) is 13.3 Å². The number of rotatable bonds is 7. The Hall–Kier alpha value is -1.67. The van der Waals surface area contributed by atoms with E-state index in [2.05, 4.69) is 0 Å². The molecule has 0 N–H and O–H groups in total. The minimum Gasteiger partial charge on any atom is -0.375 e. The fourth-order valence-corrected chi connectivity index (χ4v) is 2.86. The minimum absolute atomic E-state index is 0.457. The Morgan fingerprint density at radius 1 is 0.917 bits per heavy atom. The van der Waals surface area contributed by atoms with Crippen LogP contribution in [-0.4, -0.2) is 30.4 Å². The number of halogens is 3. The second kappa shape index (κ2) is 8.43. The first-order valence-corrected chi connectivity index (χ1v) is 8.51. The second-order valence-corrected chi connectivity index (χ2v) is 6.64. The van der Waals surface area contributed by atoms with Crippen molar-refractivity contribution in [2.45, 2.75) is 12.6 Å². The molecule has 24 heavy (non-hydrogen) atoms. The maximum absolute atomic E-state index is 12.8. The summed E-state index contributed by atoms with van der Waals surface area (Å²) in [4.78, 5) is 0. The van der Waals surface area contributed by atoms with E-state index in [0.717, 1.165) is 23.3 Å². The highest BCUT2D eigenvalue weighted by atomic mass is 28.3. The van der Waals surface area contributed by atoms with Gasteiger partial charge in [-0.1, -0.05) is 36.4 Å². The van der Waals surface area contributed by atoms with E-state index >= 15 is 0 Å². The van der Waals surface area contributed by atoms with Crippen LogP contribution in [0.2, 0.25) is 0 Å². The van der Waals surface area contributed by atoms with Crippen molar-refractivity contribution >= 4 is 9.53 Å². The first-order valence-electron chi connectivity index (χ1n) is 7.28. The van der Waals surface area contributed by atoms with Crippen LogP contribution in [0, 0.1) is 0 Å². The van der Waals surface area contributed by atoms with E-state index in [9.17, 15) is 13.2 Å². The molecule has 0 unspecified atom stereocenters. The van der Waals surface area contributed by atoms with Gasteiger partial charge in [-0.05, 0) is 35.2 Å². The Morgan fingerprint density at radius 3 is 2.17 bits per heavy atom. The lowest BCUT2D eigenvalue weighted by molar-refractivity contribution is -0.137. The van der Waals surface area contributed by atoms with Gasteiger partial charge in [-0.3, -0.25) is 0 Å². The molecule has 0 heterocycles. The molecule has 7 heteroatoms. The van der Waals surface area contributed by atoms with Gasteiger partial charge >= 0.3 is 15.7 Å². The van der Waals surface area contributed by atoms with E-state index in [1.54, 1.807) is 6.07 Å². The zero-order valence-corrected chi connectivity index (χ0v) is 14.4. The Balaban J connectivity index is 2.02. The summed E-state index contributed by atoms with van der Waals surface area (Å²) in [5.41, 5.74) is 1.66. The van der Waals surface area contributed by atoms with Crippen molar-refractivity contribution in [1.29, 1.82) is 0 Å². The molecule has 0 bridgehead atoms. The maximum atomic E-state index is 12.8. The first kappa shape index (κ1) is 18.7. The molecule has 2 aromatic rings. The topological polar surface area (TPSA) is 27.7 Å². The molecule has 0 fully saturated rings. The van der Waals surface area contributed by atoms with Crippen LogP contribution in [-0.2, 0) is 25.9 Å². The predicted octanol–water partition coefficient (Wildman–Crippen LogP) is 4.21. The Kier molecular flexibility index (Phi) is 6.56. The van der Waals surface area contributed by atoms with Gasteiger partial charge in [0.1, 0.15) is 0 Å². The number of hydrogen-bond acceptors (Lipinski definition) is 3. The molecular weight excluding hydrogens is 337 g/mol. The van der Waals surface area contributed by atoms with Crippen molar-refractivity contribution in [2.75, 3.05) is 20.8 Å². The molecule has 2 rings (SSSR count). The smallest absolute Gasteiger partial charge is 0.375 e. The Bertz CT molecular complexity index is 640. The molecule has 0 saturated carbocycles. The lowest BCUT2D eigenvalue weighted by atomic mass is 10.0. The molecule has 0 aliphatic rings. The largest absolute Gasteiger partial charge is 0.577 e. The van der Waals surface area contributed by atoms with E-state index in [-0.39, 0.29) is 0 Å². The van der Waals surface area contributed by atoms with Gasteiger partial charge < -0.3 is 13.3 Å². The monoisotopic (exact) mass is 355 g/mol. The Labute approximate surface area is 140 Å². The fourth-order valence-electron chi connectivity index (χ4n) is 2.19. The molecule has 1 radical (unpaired) electrons. The zero-order valence-electron chi connectivity index (χ0n) is 13.4. The van der Waals surface area contributed by atoms with Crippen molar-refractivity contribution in [2.24, 2.45) is 0 Å². The number of hydrogen-bond donors (Lipinski definition) is 0. The van der Waals surface area contributed by atoms with Gasteiger partial charge in [-0.2, -0.15) is 13.2 Å². The van der Waals surface area contributed by atoms with E-state index in [1.165, 1.54) is 20.3 Å². The standard InChI is InChI=1S/C17H18F3O3Si/c1-21-24(22-2)23-11-10-13-6-8-14(9-7-13)15-4-3-5-16(12-15)17(18,19)20/h3-9,12H,10-11H2,1-2H3. The van der Waals surface area contributed by atoms with E-state index in [0.29, 0.717) is 18.6 Å². The van der Waals surface area contributed by atoms with Crippen LogP contribution in [0.4, 0.5) is 13.2 Å². The van der Waals surface area contributed by atoms with Crippen molar-refractivity contribution in [1.82, 2.24) is 0 Å². The summed E-state index contributed by atoms with van der Waals surface area (Å²) < 4.78 is 53.8. The summed E-state index contributed by atoms with van der Waals surface area (Å²) in [7, 11) is 1.39. The molecule has 0 amide bonds. The molecule has 0 aromatic heterocycles. The first-order chi connectivity index (χ1) is 11.4. The summed E-state index contributed by atoms with van der Waals surface area (Å²) in [5.74, 6) is 0. The van der Waals surface area contributed by atoms with Crippen LogP contribution in [0.5, 0.6) is 0 Å². The number of alkyl halides is 3. The van der Waals surface area contributed by atoms with Crippen LogP contribution in [0.3, 0.4) is 0 Å². The highest BCUT2D eigenvalue weighted by Crippen LogP contribution is 2.32. The van der Waals surface area contributed by atoms with Crippen LogP contribution < -0.4 is 0 Å². The quantitative estimate of drug-likeness (QED) is 0.697. The molecule has 129 valence electrons. The lowest BCUT2D eigenvalue weighted by Crippen LogP contribution is -2.24. The summed E-state index contributed by atoms with van der Waals surface area (Å²) in [6.07, 6.45) is -3.67. The highest BCUT2D eigenvalue weighted by Gasteiger charge is 2.30. The van der Waals surface area contributed by atoms with Crippen LogP contribution in [0.1, 0.15) is 11.1 Å². The average Bonchev–Trinajstić information content (AvgIpc) is 2.59. The van der Waals surface area contributed by atoms with Gasteiger partial charge in [0.2, 0.25) is 0 Å². The third-order valence-electron chi connectivity index (χ3n) is 3.42. The molecule has 2 aromatic carbocycles. The molecule has 0 aliphatic carbocycles. The molecule has 3 nitrogen and oxygen atoms in total.